The van der Waals surface area contributed by atoms with Crippen molar-refractivity contribution < 1.29 is 19.4 Å². The first kappa shape index (κ1) is 22.4. The van der Waals surface area contributed by atoms with E-state index in [9.17, 15) is 14.7 Å². The van der Waals surface area contributed by atoms with Crippen LogP contribution in [0.2, 0.25) is 0 Å². The molecule has 6 N–H and O–H groups in total. The van der Waals surface area contributed by atoms with Crippen LogP contribution >= 0.6 is 0 Å². The third-order valence-electron chi connectivity index (χ3n) is 6.54. The van der Waals surface area contributed by atoms with Gasteiger partial charge in [0.25, 0.3) is 5.91 Å². The number of carbonyl (C=O) groups is 2. The van der Waals surface area contributed by atoms with Crippen LogP contribution in [0, 0.1) is 10.8 Å². The Morgan fingerprint density at radius 1 is 1.12 bits per heavy atom. The third kappa shape index (κ3) is 4.69. The number of nitrogens with one attached hydrogen (secondary N) is 1. The monoisotopic (exact) mass is 452 g/mol. The standard InChI is InChI=1S/C23H28N6O4/c24-19-4-2-16(12-27-19)20(30)28-9-6-23(7-10-28,21(31)32)14-33-18-3-1-15-5-8-29(22(25)26)13-17(15)11-18/h1-4,11-12H,5-10,13-14H2,(H2,24,27)(H3,25,26)(H,31,32). The zero-order valence-corrected chi connectivity index (χ0v) is 18.3. The van der Waals surface area contributed by atoms with Gasteiger partial charge in [0.1, 0.15) is 23.6 Å². The predicted octanol–water partition coefficient (Wildman–Crippen LogP) is 1.30. The molecule has 2 aliphatic heterocycles. The van der Waals surface area contributed by atoms with Gasteiger partial charge in [-0.15, -0.1) is 0 Å². The van der Waals surface area contributed by atoms with Crippen LogP contribution in [0.25, 0.3) is 0 Å². The number of fused-ring (bicyclic) bond motifs is 1. The van der Waals surface area contributed by atoms with Gasteiger partial charge in [0.15, 0.2) is 5.96 Å². The van der Waals surface area contributed by atoms with E-state index in [0.717, 1.165) is 12.0 Å². The van der Waals surface area contributed by atoms with Crippen LogP contribution in [0.3, 0.4) is 0 Å². The Morgan fingerprint density at radius 3 is 2.52 bits per heavy atom. The number of pyridine rings is 1. The minimum absolute atomic E-state index is 0.0169. The zero-order chi connectivity index (χ0) is 23.6. The Kier molecular flexibility index (Phi) is 6.08. The molecule has 1 aromatic carbocycles. The molecule has 0 aliphatic carbocycles. The molecule has 2 aromatic rings. The fraction of sp³-hybridized carbons (Fsp3) is 0.391. The average Bonchev–Trinajstić information content (AvgIpc) is 2.82. The van der Waals surface area contributed by atoms with Crippen LogP contribution in [0.5, 0.6) is 5.75 Å². The smallest absolute Gasteiger partial charge is 0.313 e. The summed E-state index contributed by atoms with van der Waals surface area (Å²) in [5, 5.41) is 17.6. The molecule has 2 aliphatic rings. The maximum Gasteiger partial charge on any atom is 0.313 e. The van der Waals surface area contributed by atoms with Gasteiger partial charge in [-0.1, -0.05) is 6.07 Å². The number of likely N-dealkylation sites (tertiary alicyclic amines) is 1. The second kappa shape index (κ2) is 8.97. The first-order valence-electron chi connectivity index (χ1n) is 10.9. The number of nitrogen functional groups attached to an aromatic ring is 1. The topological polar surface area (TPSA) is 159 Å². The Bertz CT molecular complexity index is 1060. The van der Waals surface area contributed by atoms with Gasteiger partial charge < -0.3 is 31.1 Å². The number of piperidine rings is 1. The minimum Gasteiger partial charge on any atom is -0.492 e. The zero-order valence-electron chi connectivity index (χ0n) is 18.3. The number of carboxylic acids is 1. The number of benzene rings is 1. The van der Waals surface area contributed by atoms with Gasteiger partial charge in [0.05, 0.1) is 5.56 Å². The largest absolute Gasteiger partial charge is 0.492 e. The number of anilines is 1. The van der Waals surface area contributed by atoms with E-state index in [-0.39, 0.29) is 18.5 Å². The number of guanidine groups is 1. The van der Waals surface area contributed by atoms with Crippen molar-refractivity contribution in [3.05, 3.63) is 53.2 Å². The highest BCUT2D eigenvalue weighted by atomic mass is 16.5. The summed E-state index contributed by atoms with van der Waals surface area (Å²) in [7, 11) is 0. The van der Waals surface area contributed by atoms with E-state index in [4.69, 9.17) is 21.6 Å². The van der Waals surface area contributed by atoms with E-state index < -0.39 is 11.4 Å². The number of carboxylic acid groups (broad SMARTS) is 1. The van der Waals surface area contributed by atoms with Gasteiger partial charge >= 0.3 is 5.97 Å². The average molecular weight is 453 g/mol. The van der Waals surface area contributed by atoms with Crippen LogP contribution in [0.1, 0.15) is 34.3 Å². The highest BCUT2D eigenvalue weighted by molar-refractivity contribution is 5.94. The van der Waals surface area contributed by atoms with Gasteiger partial charge in [0, 0.05) is 32.4 Å². The van der Waals surface area contributed by atoms with Crippen molar-refractivity contribution >= 4 is 23.7 Å². The van der Waals surface area contributed by atoms with Crippen molar-refractivity contribution in [3.8, 4) is 5.75 Å². The molecule has 1 fully saturated rings. The molecule has 1 aromatic heterocycles. The Morgan fingerprint density at radius 2 is 1.88 bits per heavy atom. The molecular formula is C23H28N6O4. The van der Waals surface area contributed by atoms with E-state index in [0.29, 0.717) is 56.2 Å². The van der Waals surface area contributed by atoms with Crippen LogP contribution in [0.15, 0.2) is 36.5 Å². The summed E-state index contributed by atoms with van der Waals surface area (Å²) in [6.45, 7) is 1.88. The summed E-state index contributed by atoms with van der Waals surface area (Å²) in [5.74, 6) is -0.154. The molecular weight excluding hydrogens is 424 g/mol. The predicted molar refractivity (Wildman–Crippen MR) is 122 cm³/mol. The van der Waals surface area contributed by atoms with E-state index in [1.165, 1.54) is 11.8 Å². The lowest BCUT2D eigenvalue weighted by Gasteiger charge is -2.38. The molecule has 1 amide bonds. The number of ether oxygens (including phenoxy) is 1. The van der Waals surface area contributed by atoms with Crippen molar-refractivity contribution in [1.82, 2.24) is 14.8 Å². The number of hydrogen-bond donors (Lipinski definition) is 4. The number of nitrogens with zero attached hydrogens (tertiary/aromatic N) is 3. The van der Waals surface area contributed by atoms with E-state index in [1.807, 2.05) is 18.2 Å². The summed E-state index contributed by atoms with van der Waals surface area (Å²) in [5.41, 5.74) is 12.8. The molecule has 0 unspecified atom stereocenters. The first-order valence-corrected chi connectivity index (χ1v) is 10.9. The molecule has 0 atom stereocenters. The number of hydrogen-bond acceptors (Lipinski definition) is 6. The summed E-state index contributed by atoms with van der Waals surface area (Å²) in [4.78, 5) is 32.3. The SMILES string of the molecule is N=C(N)N1CCc2ccc(OCC3(C(=O)O)CCN(C(=O)c4ccc(N)nc4)CC3)cc2C1. The summed E-state index contributed by atoms with van der Waals surface area (Å²) in [6, 6.07) is 8.92. The quantitative estimate of drug-likeness (QED) is 0.390. The molecule has 0 bridgehead atoms. The molecule has 33 heavy (non-hydrogen) atoms. The lowest BCUT2D eigenvalue weighted by atomic mass is 9.79. The number of amides is 1. The van der Waals surface area contributed by atoms with Crippen molar-refractivity contribution in [2.45, 2.75) is 25.8 Å². The maximum atomic E-state index is 12.7. The van der Waals surface area contributed by atoms with E-state index in [1.54, 1.807) is 21.9 Å². The Labute approximate surface area is 191 Å². The van der Waals surface area contributed by atoms with Crippen LogP contribution < -0.4 is 16.2 Å². The van der Waals surface area contributed by atoms with E-state index in [2.05, 4.69) is 4.98 Å². The lowest BCUT2D eigenvalue weighted by Crippen LogP contribution is -2.49. The molecule has 4 rings (SSSR count). The first-order chi connectivity index (χ1) is 15.8. The Hall–Kier alpha value is -3.82. The Balaban J connectivity index is 1.40. The second-order valence-corrected chi connectivity index (χ2v) is 8.63. The van der Waals surface area contributed by atoms with Gasteiger partial charge in [-0.25, -0.2) is 4.98 Å². The number of rotatable bonds is 5. The summed E-state index contributed by atoms with van der Waals surface area (Å²) >= 11 is 0. The third-order valence-corrected chi connectivity index (χ3v) is 6.54. The molecule has 174 valence electrons. The molecule has 1 saturated heterocycles. The minimum atomic E-state index is -1.07. The van der Waals surface area contributed by atoms with Crippen molar-refractivity contribution in [1.29, 1.82) is 5.41 Å². The molecule has 3 heterocycles. The normalized spacial score (nSPS) is 17.2. The van der Waals surface area contributed by atoms with Crippen LogP contribution in [-0.2, 0) is 17.8 Å². The second-order valence-electron chi connectivity index (χ2n) is 8.63. The van der Waals surface area contributed by atoms with Crippen molar-refractivity contribution in [2.75, 3.05) is 32.0 Å². The maximum absolute atomic E-state index is 12.7. The number of nitrogens with two attached hydrogens (primary N) is 2. The highest BCUT2D eigenvalue weighted by Gasteiger charge is 2.43. The fourth-order valence-corrected chi connectivity index (χ4v) is 4.32. The van der Waals surface area contributed by atoms with Gasteiger partial charge in [-0.05, 0) is 54.7 Å². The fourth-order valence-electron chi connectivity index (χ4n) is 4.32. The molecule has 0 radical (unpaired) electrons. The number of carbonyl (C=O) groups excluding carboxylic acids is 1. The van der Waals surface area contributed by atoms with Crippen LogP contribution in [-0.4, -0.2) is 64.0 Å². The number of aromatic nitrogens is 1. The number of aliphatic carboxylic acids is 1. The van der Waals surface area contributed by atoms with Crippen LogP contribution in [0.4, 0.5) is 5.82 Å². The van der Waals surface area contributed by atoms with Gasteiger partial charge in [-0.3, -0.25) is 15.0 Å². The molecule has 0 spiro atoms. The van der Waals surface area contributed by atoms with Gasteiger partial charge in [0.2, 0.25) is 0 Å². The highest BCUT2D eigenvalue weighted by Crippen LogP contribution is 2.34. The van der Waals surface area contributed by atoms with Gasteiger partial charge in [-0.2, -0.15) is 0 Å². The summed E-state index contributed by atoms with van der Waals surface area (Å²) in [6.07, 6.45) is 2.81. The molecule has 10 nitrogen and oxygen atoms in total. The van der Waals surface area contributed by atoms with E-state index >= 15 is 0 Å². The van der Waals surface area contributed by atoms with Crippen molar-refractivity contribution in [3.63, 3.8) is 0 Å². The summed E-state index contributed by atoms with van der Waals surface area (Å²) < 4.78 is 5.95. The van der Waals surface area contributed by atoms with Crippen molar-refractivity contribution in [2.24, 2.45) is 11.1 Å². The lowest BCUT2D eigenvalue weighted by molar-refractivity contribution is -0.154. The molecule has 0 saturated carbocycles. The molecule has 10 heteroatoms.